The average Bonchev–Trinajstić information content (AvgIpc) is 2.21. The molecule has 1 saturated heterocycles. The predicted octanol–water partition coefficient (Wildman–Crippen LogP) is 3.20. The lowest BCUT2D eigenvalue weighted by Gasteiger charge is -2.35. The van der Waals surface area contributed by atoms with Gasteiger partial charge in [0.1, 0.15) is 5.82 Å². The van der Waals surface area contributed by atoms with Crippen molar-refractivity contribution in [1.29, 1.82) is 0 Å². The van der Waals surface area contributed by atoms with Crippen molar-refractivity contribution < 1.29 is 9.13 Å². The first-order valence-corrected chi connectivity index (χ1v) is 6.65. The molecule has 4 heteroatoms. The van der Waals surface area contributed by atoms with Gasteiger partial charge in [-0.25, -0.2) is 4.39 Å². The molecule has 1 fully saturated rings. The maximum Gasteiger partial charge on any atom is 0.128 e. The second kappa shape index (κ2) is 5.46. The summed E-state index contributed by atoms with van der Waals surface area (Å²) >= 11 is 3.27. The fourth-order valence-electron chi connectivity index (χ4n) is 2.30. The number of morpholine rings is 1. The van der Waals surface area contributed by atoms with Gasteiger partial charge in [-0.05, 0) is 26.0 Å². The SMILES string of the molecule is C[C@@H]1CN(Cc2ccc(Br)cc2F)C[C@H](C)O1. The minimum Gasteiger partial charge on any atom is -0.373 e. The molecule has 17 heavy (non-hydrogen) atoms. The van der Waals surface area contributed by atoms with Crippen molar-refractivity contribution in [2.45, 2.75) is 32.6 Å². The summed E-state index contributed by atoms with van der Waals surface area (Å²) in [5.41, 5.74) is 0.745. The van der Waals surface area contributed by atoms with Gasteiger partial charge in [0.15, 0.2) is 0 Å². The predicted molar refractivity (Wildman–Crippen MR) is 69.4 cm³/mol. The molecule has 2 atom stereocenters. The second-order valence-electron chi connectivity index (χ2n) is 4.69. The molecule has 94 valence electrons. The van der Waals surface area contributed by atoms with Gasteiger partial charge in [-0.3, -0.25) is 4.90 Å². The lowest BCUT2D eigenvalue weighted by atomic mass is 10.1. The summed E-state index contributed by atoms with van der Waals surface area (Å²) in [6.45, 7) is 6.48. The van der Waals surface area contributed by atoms with Crippen molar-refractivity contribution >= 4 is 15.9 Å². The van der Waals surface area contributed by atoms with Crippen LogP contribution in [0.4, 0.5) is 4.39 Å². The average molecular weight is 302 g/mol. The van der Waals surface area contributed by atoms with E-state index in [1.165, 1.54) is 6.07 Å². The maximum atomic E-state index is 13.7. The highest BCUT2D eigenvalue weighted by atomic mass is 79.9. The van der Waals surface area contributed by atoms with E-state index >= 15 is 0 Å². The molecule has 0 aliphatic carbocycles. The van der Waals surface area contributed by atoms with Gasteiger partial charge in [0.25, 0.3) is 0 Å². The number of hydrogen-bond donors (Lipinski definition) is 0. The molecule has 2 nitrogen and oxygen atoms in total. The van der Waals surface area contributed by atoms with Crippen molar-refractivity contribution in [2.75, 3.05) is 13.1 Å². The van der Waals surface area contributed by atoms with Crippen LogP contribution < -0.4 is 0 Å². The van der Waals surface area contributed by atoms with Gasteiger partial charge >= 0.3 is 0 Å². The van der Waals surface area contributed by atoms with Gasteiger partial charge in [-0.15, -0.1) is 0 Å². The summed E-state index contributed by atoms with van der Waals surface area (Å²) in [7, 11) is 0. The normalized spacial score (nSPS) is 26.1. The summed E-state index contributed by atoms with van der Waals surface area (Å²) in [5.74, 6) is -0.147. The standard InChI is InChI=1S/C13H17BrFNO/c1-9-6-16(7-10(2)17-9)8-11-3-4-12(14)5-13(11)15/h3-5,9-10H,6-8H2,1-2H3/t9-,10+. The van der Waals surface area contributed by atoms with Crippen molar-refractivity contribution in [2.24, 2.45) is 0 Å². The Hall–Kier alpha value is -0.450. The maximum absolute atomic E-state index is 13.7. The van der Waals surface area contributed by atoms with Gasteiger partial charge in [-0.2, -0.15) is 0 Å². The number of rotatable bonds is 2. The van der Waals surface area contributed by atoms with Gasteiger partial charge in [0.2, 0.25) is 0 Å². The Morgan fingerprint density at radius 1 is 1.35 bits per heavy atom. The van der Waals surface area contributed by atoms with Gasteiger partial charge < -0.3 is 4.74 Å². The molecule has 1 aromatic carbocycles. The van der Waals surface area contributed by atoms with Crippen molar-refractivity contribution in [3.8, 4) is 0 Å². The lowest BCUT2D eigenvalue weighted by Crippen LogP contribution is -2.44. The quantitative estimate of drug-likeness (QED) is 0.832. The van der Waals surface area contributed by atoms with E-state index in [1.54, 1.807) is 0 Å². The summed E-state index contributed by atoms with van der Waals surface area (Å²) in [5, 5.41) is 0. The molecule has 0 bridgehead atoms. The van der Waals surface area contributed by atoms with Crippen LogP contribution >= 0.6 is 15.9 Å². The van der Waals surface area contributed by atoms with Crippen LogP contribution in [-0.4, -0.2) is 30.2 Å². The highest BCUT2D eigenvalue weighted by Gasteiger charge is 2.22. The number of benzene rings is 1. The highest BCUT2D eigenvalue weighted by Crippen LogP contribution is 2.19. The Morgan fingerprint density at radius 3 is 2.59 bits per heavy atom. The van der Waals surface area contributed by atoms with Crippen molar-refractivity contribution in [1.82, 2.24) is 4.90 Å². The van der Waals surface area contributed by atoms with E-state index in [1.807, 2.05) is 12.1 Å². The van der Waals surface area contributed by atoms with E-state index in [-0.39, 0.29) is 18.0 Å². The number of ether oxygens (including phenoxy) is 1. The smallest absolute Gasteiger partial charge is 0.128 e. The Bertz CT molecular complexity index is 389. The van der Waals surface area contributed by atoms with Crippen LogP contribution in [0, 0.1) is 5.82 Å². The van der Waals surface area contributed by atoms with E-state index in [0.717, 1.165) is 23.1 Å². The molecule has 1 aromatic rings. The molecule has 0 aromatic heterocycles. The summed E-state index contributed by atoms with van der Waals surface area (Å²) in [6.07, 6.45) is 0.439. The number of halogens is 2. The molecule has 0 amide bonds. The molecule has 0 saturated carbocycles. The first-order valence-electron chi connectivity index (χ1n) is 5.86. The number of hydrogen-bond acceptors (Lipinski definition) is 2. The van der Waals surface area contributed by atoms with Crippen LogP contribution in [0.5, 0.6) is 0 Å². The second-order valence-corrected chi connectivity index (χ2v) is 5.60. The van der Waals surface area contributed by atoms with Crippen LogP contribution in [0.3, 0.4) is 0 Å². The third-order valence-electron chi connectivity index (χ3n) is 2.90. The third kappa shape index (κ3) is 3.50. The Labute approximate surface area is 110 Å². The molecule has 1 aliphatic heterocycles. The third-order valence-corrected chi connectivity index (χ3v) is 3.40. The van der Waals surface area contributed by atoms with Crippen molar-refractivity contribution in [3.05, 3.63) is 34.1 Å². The monoisotopic (exact) mass is 301 g/mol. The van der Waals surface area contributed by atoms with E-state index in [9.17, 15) is 4.39 Å². The van der Waals surface area contributed by atoms with Gasteiger partial charge in [-0.1, -0.05) is 22.0 Å². The Morgan fingerprint density at radius 2 is 2.00 bits per heavy atom. The Balaban J connectivity index is 2.04. The van der Waals surface area contributed by atoms with Crippen LogP contribution in [-0.2, 0) is 11.3 Å². The molecular formula is C13H17BrFNO. The molecule has 1 heterocycles. The van der Waals surface area contributed by atoms with E-state index < -0.39 is 0 Å². The van der Waals surface area contributed by atoms with Crippen LogP contribution in [0.1, 0.15) is 19.4 Å². The largest absolute Gasteiger partial charge is 0.373 e. The van der Waals surface area contributed by atoms with E-state index in [4.69, 9.17) is 4.74 Å². The van der Waals surface area contributed by atoms with Crippen molar-refractivity contribution in [3.63, 3.8) is 0 Å². The molecule has 0 unspecified atom stereocenters. The summed E-state index contributed by atoms with van der Waals surface area (Å²) in [6, 6.07) is 5.23. The van der Waals surface area contributed by atoms with Crippen LogP contribution in [0.2, 0.25) is 0 Å². The zero-order valence-corrected chi connectivity index (χ0v) is 11.7. The Kier molecular flexibility index (Phi) is 4.17. The lowest BCUT2D eigenvalue weighted by molar-refractivity contribution is -0.0707. The molecule has 2 rings (SSSR count). The molecule has 0 spiro atoms. The fraction of sp³-hybridized carbons (Fsp3) is 0.538. The van der Waals surface area contributed by atoms with E-state index in [0.29, 0.717) is 6.54 Å². The molecular weight excluding hydrogens is 285 g/mol. The molecule has 0 N–H and O–H groups in total. The molecule has 0 radical (unpaired) electrons. The van der Waals surface area contributed by atoms with Crippen LogP contribution in [0.25, 0.3) is 0 Å². The fourth-order valence-corrected chi connectivity index (χ4v) is 2.64. The van der Waals surface area contributed by atoms with Crippen LogP contribution in [0.15, 0.2) is 22.7 Å². The van der Waals surface area contributed by atoms with Gasteiger partial charge in [0, 0.05) is 29.7 Å². The topological polar surface area (TPSA) is 12.5 Å². The highest BCUT2D eigenvalue weighted by molar-refractivity contribution is 9.10. The zero-order chi connectivity index (χ0) is 12.4. The minimum absolute atomic E-state index is 0.147. The first kappa shape index (κ1) is 13.0. The zero-order valence-electron chi connectivity index (χ0n) is 10.1. The van der Waals surface area contributed by atoms with E-state index in [2.05, 4.69) is 34.7 Å². The first-order chi connectivity index (χ1) is 8.04. The summed E-state index contributed by atoms with van der Waals surface area (Å²) in [4.78, 5) is 2.24. The minimum atomic E-state index is -0.147. The number of nitrogens with zero attached hydrogens (tertiary/aromatic N) is 1. The van der Waals surface area contributed by atoms with Gasteiger partial charge in [0.05, 0.1) is 12.2 Å². The summed E-state index contributed by atoms with van der Waals surface area (Å²) < 4.78 is 20.2. The molecule has 1 aliphatic rings.